The average Bonchev–Trinajstić information content (AvgIpc) is 2.89. The summed E-state index contributed by atoms with van der Waals surface area (Å²) in [6.45, 7) is 0.411. The zero-order chi connectivity index (χ0) is 25.5. The lowest BCUT2D eigenvalue weighted by Gasteiger charge is -2.16. The molecule has 0 fully saturated rings. The molecule has 0 unspecified atom stereocenters. The van der Waals surface area contributed by atoms with E-state index in [4.69, 9.17) is 16.3 Å². The van der Waals surface area contributed by atoms with E-state index in [0.29, 0.717) is 22.9 Å². The molecule has 6 nitrogen and oxygen atoms in total. The zero-order valence-electron chi connectivity index (χ0n) is 19.2. The number of sulfonamides is 1. The Morgan fingerprint density at radius 3 is 1.97 bits per heavy atom. The third-order valence-electron chi connectivity index (χ3n) is 5.55. The van der Waals surface area contributed by atoms with Gasteiger partial charge in [0.2, 0.25) is 10.0 Å². The molecule has 0 bridgehead atoms. The molecule has 0 aliphatic heterocycles. The lowest BCUT2D eigenvalue weighted by Crippen LogP contribution is -2.42. The molecule has 4 rings (SSSR count). The first-order valence-corrected chi connectivity index (χ1v) is 13.0. The summed E-state index contributed by atoms with van der Waals surface area (Å²) in [6, 6.07) is 28.7. The molecule has 0 aliphatic carbocycles. The summed E-state index contributed by atoms with van der Waals surface area (Å²) in [5.41, 5.74) is 3.39. The molecule has 0 radical (unpaired) electrons. The smallest absolute Gasteiger partial charge is 0.322 e. The molecule has 184 valence electrons. The van der Waals surface area contributed by atoms with Gasteiger partial charge in [-0.05, 0) is 65.1 Å². The van der Waals surface area contributed by atoms with Crippen molar-refractivity contribution in [2.24, 2.45) is 0 Å². The lowest BCUT2D eigenvalue weighted by molar-refractivity contribution is -0.138. The second kappa shape index (κ2) is 11.4. The first-order valence-electron chi connectivity index (χ1n) is 11.2. The fraction of sp³-hybridized carbons (Fsp3) is 0.107. The predicted octanol–water partition coefficient (Wildman–Crippen LogP) is 5.56. The molecule has 0 aromatic heterocycles. The van der Waals surface area contributed by atoms with Crippen molar-refractivity contribution in [2.75, 3.05) is 0 Å². The molecule has 8 heteroatoms. The number of rotatable bonds is 10. The van der Waals surface area contributed by atoms with E-state index in [1.54, 1.807) is 48.5 Å². The van der Waals surface area contributed by atoms with Crippen LogP contribution in [0.3, 0.4) is 0 Å². The number of nitrogens with one attached hydrogen (secondary N) is 1. The number of hydrogen-bond acceptors (Lipinski definition) is 4. The summed E-state index contributed by atoms with van der Waals surface area (Å²) in [7, 11) is -4.05. The first kappa shape index (κ1) is 25.4. The van der Waals surface area contributed by atoms with Crippen LogP contribution in [-0.2, 0) is 27.8 Å². The van der Waals surface area contributed by atoms with Crippen LogP contribution in [0.1, 0.15) is 11.1 Å². The topological polar surface area (TPSA) is 92.7 Å². The summed E-state index contributed by atoms with van der Waals surface area (Å²) in [5.74, 6) is -0.628. The second-order valence-corrected chi connectivity index (χ2v) is 10.3. The van der Waals surface area contributed by atoms with E-state index < -0.39 is 22.0 Å². The standard InChI is InChI=1S/C28H24ClNO5S/c29-24-12-8-22(9-13-24)23-10-16-26(17-11-23)36(33,34)30-27(28(31)32)18-20-6-14-25(15-7-20)35-19-21-4-2-1-3-5-21/h1-17,27,30H,18-19H2,(H,31,32)/t27-/m1/s1. The maximum absolute atomic E-state index is 12.9. The Balaban J connectivity index is 1.40. The van der Waals surface area contributed by atoms with Crippen LogP contribution in [-0.4, -0.2) is 25.5 Å². The SMILES string of the molecule is O=C(O)[C@@H](Cc1ccc(OCc2ccccc2)cc1)NS(=O)(=O)c1ccc(-c2ccc(Cl)cc2)cc1. The summed E-state index contributed by atoms with van der Waals surface area (Å²) in [6.07, 6.45) is -0.0175. The summed E-state index contributed by atoms with van der Waals surface area (Å²) in [5, 5.41) is 10.3. The molecule has 0 spiro atoms. The summed E-state index contributed by atoms with van der Waals surface area (Å²) < 4.78 is 33.8. The second-order valence-electron chi connectivity index (χ2n) is 8.17. The van der Waals surface area contributed by atoms with Gasteiger partial charge in [-0.2, -0.15) is 4.72 Å². The van der Waals surface area contributed by atoms with E-state index in [0.717, 1.165) is 16.7 Å². The van der Waals surface area contributed by atoms with Crippen LogP contribution < -0.4 is 9.46 Å². The van der Waals surface area contributed by atoms with Gasteiger partial charge in [0, 0.05) is 5.02 Å². The van der Waals surface area contributed by atoms with Crippen molar-refractivity contribution < 1.29 is 23.1 Å². The van der Waals surface area contributed by atoms with Crippen LogP contribution in [0.25, 0.3) is 11.1 Å². The Hall–Kier alpha value is -3.65. The molecule has 1 atom stereocenters. The van der Waals surface area contributed by atoms with E-state index in [1.165, 1.54) is 12.1 Å². The largest absolute Gasteiger partial charge is 0.489 e. The normalized spacial score (nSPS) is 12.1. The van der Waals surface area contributed by atoms with E-state index in [-0.39, 0.29) is 11.3 Å². The molecule has 0 aliphatic rings. The number of hydrogen-bond donors (Lipinski definition) is 2. The third-order valence-corrected chi connectivity index (χ3v) is 7.29. The van der Waals surface area contributed by atoms with Gasteiger partial charge in [0.1, 0.15) is 18.4 Å². The van der Waals surface area contributed by atoms with Crippen molar-refractivity contribution in [3.05, 3.63) is 119 Å². The van der Waals surface area contributed by atoms with Gasteiger partial charge in [-0.3, -0.25) is 4.79 Å². The maximum Gasteiger partial charge on any atom is 0.322 e. The fourth-order valence-corrected chi connectivity index (χ4v) is 4.92. The highest BCUT2D eigenvalue weighted by Gasteiger charge is 2.25. The van der Waals surface area contributed by atoms with Crippen molar-refractivity contribution >= 4 is 27.6 Å². The minimum absolute atomic E-state index is 0.0175. The van der Waals surface area contributed by atoms with E-state index >= 15 is 0 Å². The Morgan fingerprint density at radius 1 is 0.806 bits per heavy atom. The number of carbonyl (C=O) groups is 1. The average molecular weight is 522 g/mol. The van der Waals surface area contributed by atoms with Crippen LogP contribution in [0, 0.1) is 0 Å². The Morgan fingerprint density at radius 2 is 1.39 bits per heavy atom. The zero-order valence-corrected chi connectivity index (χ0v) is 20.7. The molecular formula is C28H24ClNO5S. The van der Waals surface area contributed by atoms with Crippen molar-refractivity contribution in [3.63, 3.8) is 0 Å². The van der Waals surface area contributed by atoms with Crippen molar-refractivity contribution in [3.8, 4) is 16.9 Å². The highest BCUT2D eigenvalue weighted by atomic mass is 35.5. The molecule has 0 saturated carbocycles. The van der Waals surface area contributed by atoms with E-state index in [9.17, 15) is 18.3 Å². The van der Waals surface area contributed by atoms with Crippen molar-refractivity contribution in [1.82, 2.24) is 4.72 Å². The number of benzene rings is 4. The molecule has 36 heavy (non-hydrogen) atoms. The highest BCUT2D eigenvalue weighted by Crippen LogP contribution is 2.23. The van der Waals surface area contributed by atoms with Gasteiger partial charge in [0.05, 0.1) is 4.90 Å². The van der Waals surface area contributed by atoms with Crippen LogP contribution in [0.2, 0.25) is 5.02 Å². The van der Waals surface area contributed by atoms with Crippen LogP contribution in [0.15, 0.2) is 108 Å². The van der Waals surface area contributed by atoms with Crippen LogP contribution in [0.4, 0.5) is 0 Å². The number of carboxylic acids is 1. The number of halogens is 1. The molecule has 4 aromatic carbocycles. The van der Waals surface area contributed by atoms with E-state index in [2.05, 4.69) is 4.72 Å². The quantitative estimate of drug-likeness (QED) is 0.285. The van der Waals surface area contributed by atoms with Crippen LogP contribution in [0.5, 0.6) is 5.75 Å². The molecule has 4 aromatic rings. The highest BCUT2D eigenvalue weighted by molar-refractivity contribution is 7.89. The molecular weight excluding hydrogens is 498 g/mol. The lowest BCUT2D eigenvalue weighted by atomic mass is 10.1. The monoisotopic (exact) mass is 521 g/mol. The first-order chi connectivity index (χ1) is 17.3. The van der Waals surface area contributed by atoms with Gasteiger partial charge in [-0.25, -0.2) is 8.42 Å². The van der Waals surface area contributed by atoms with Gasteiger partial charge in [-0.1, -0.05) is 78.3 Å². The number of carboxylic acid groups (broad SMARTS) is 1. The number of ether oxygens (including phenoxy) is 1. The summed E-state index contributed by atoms with van der Waals surface area (Å²) >= 11 is 5.92. The van der Waals surface area contributed by atoms with E-state index in [1.807, 2.05) is 42.5 Å². The summed E-state index contributed by atoms with van der Waals surface area (Å²) in [4.78, 5) is 11.8. The van der Waals surface area contributed by atoms with Gasteiger partial charge in [0.15, 0.2) is 0 Å². The van der Waals surface area contributed by atoms with Gasteiger partial charge >= 0.3 is 5.97 Å². The Kier molecular flexibility index (Phi) is 8.05. The van der Waals surface area contributed by atoms with Gasteiger partial charge in [-0.15, -0.1) is 0 Å². The van der Waals surface area contributed by atoms with Crippen molar-refractivity contribution in [2.45, 2.75) is 24.0 Å². The predicted molar refractivity (Wildman–Crippen MR) is 140 cm³/mol. The Labute approximate surface area is 215 Å². The van der Waals surface area contributed by atoms with Gasteiger partial charge < -0.3 is 9.84 Å². The Bertz CT molecular complexity index is 1410. The third kappa shape index (κ3) is 6.73. The van der Waals surface area contributed by atoms with Gasteiger partial charge in [0.25, 0.3) is 0 Å². The van der Waals surface area contributed by atoms with Crippen LogP contribution >= 0.6 is 11.6 Å². The minimum atomic E-state index is -4.05. The molecule has 0 heterocycles. The minimum Gasteiger partial charge on any atom is -0.489 e. The number of aliphatic carboxylic acids is 1. The molecule has 0 saturated heterocycles. The molecule has 0 amide bonds. The maximum atomic E-state index is 12.9. The fourth-order valence-electron chi connectivity index (χ4n) is 3.60. The van der Waals surface area contributed by atoms with Crippen molar-refractivity contribution in [1.29, 1.82) is 0 Å². The molecule has 2 N–H and O–H groups in total.